The topological polar surface area (TPSA) is 62.9 Å². The van der Waals surface area contributed by atoms with Crippen molar-refractivity contribution in [2.24, 2.45) is 0 Å². The van der Waals surface area contributed by atoms with Gasteiger partial charge in [-0.1, -0.05) is 19.9 Å². The summed E-state index contributed by atoms with van der Waals surface area (Å²) in [6.45, 7) is 5.06. The van der Waals surface area contributed by atoms with Gasteiger partial charge in [0.2, 0.25) is 9.84 Å². The van der Waals surface area contributed by atoms with Crippen molar-refractivity contribution in [3.05, 3.63) is 75.0 Å². The van der Waals surface area contributed by atoms with Crippen LogP contribution >= 0.6 is 11.3 Å². The summed E-state index contributed by atoms with van der Waals surface area (Å²) in [5.41, 5.74) is -0.404. The molecule has 0 spiro atoms. The van der Waals surface area contributed by atoms with Crippen molar-refractivity contribution >= 4 is 27.3 Å². The van der Waals surface area contributed by atoms with E-state index in [1.807, 2.05) is 0 Å². The van der Waals surface area contributed by atoms with Crippen LogP contribution in [0.25, 0.3) is 11.8 Å². The van der Waals surface area contributed by atoms with Gasteiger partial charge in [0.15, 0.2) is 4.91 Å². The van der Waals surface area contributed by atoms with Gasteiger partial charge in [-0.15, -0.1) is 11.3 Å². The summed E-state index contributed by atoms with van der Waals surface area (Å²) in [7, 11) is -4.07. The lowest BCUT2D eigenvalue weighted by molar-refractivity contribution is -0.137. The third-order valence-corrected chi connectivity index (χ3v) is 7.92. The van der Waals surface area contributed by atoms with Gasteiger partial charge in [-0.25, -0.2) is 12.8 Å². The molecule has 1 aromatic carbocycles. The van der Waals surface area contributed by atoms with Gasteiger partial charge in [0.05, 0.1) is 11.3 Å². The number of hydrogen-bond donors (Lipinski definition) is 0. The molecule has 3 aromatic rings. The van der Waals surface area contributed by atoms with Gasteiger partial charge >= 0.3 is 6.18 Å². The Morgan fingerprint density at radius 2 is 1.91 bits per heavy atom. The minimum atomic E-state index is -4.81. The van der Waals surface area contributed by atoms with E-state index in [1.54, 1.807) is 37.4 Å². The molecule has 3 rings (SSSR count). The van der Waals surface area contributed by atoms with E-state index in [4.69, 9.17) is 0 Å². The van der Waals surface area contributed by atoms with Crippen LogP contribution in [-0.4, -0.2) is 13.0 Å². The lowest BCUT2D eigenvalue weighted by atomic mass is 10.1. The van der Waals surface area contributed by atoms with Crippen LogP contribution in [0.3, 0.4) is 0 Å². The molecule has 0 atom stereocenters. The largest absolute Gasteiger partial charge is 0.418 e. The second-order valence-electron chi connectivity index (χ2n) is 7.32. The van der Waals surface area contributed by atoms with E-state index >= 15 is 0 Å². The van der Waals surface area contributed by atoms with Gasteiger partial charge in [-0.05, 0) is 60.2 Å². The fraction of sp³-hybridized carbons (Fsp3) is 0.227. The highest BCUT2D eigenvalue weighted by atomic mass is 32.2. The molecule has 2 aromatic heterocycles. The number of allylic oxidation sites excluding steroid dienone is 1. The highest BCUT2D eigenvalue weighted by Gasteiger charge is 2.35. The first-order valence-corrected chi connectivity index (χ1v) is 11.7. The Morgan fingerprint density at radius 1 is 1.22 bits per heavy atom. The zero-order valence-electron chi connectivity index (χ0n) is 17.2. The summed E-state index contributed by atoms with van der Waals surface area (Å²) in [5.74, 6) is -1.27. The predicted molar refractivity (Wildman–Crippen MR) is 115 cm³/mol. The molecule has 0 unspecified atom stereocenters. The first-order chi connectivity index (χ1) is 14.9. The van der Waals surface area contributed by atoms with Crippen LogP contribution < -0.4 is 0 Å². The molecule has 32 heavy (non-hydrogen) atoms. The average Bonchev–Trinajstić information content (AvgIpc) is 3.34. The van der Waals surface area contributed by atoms with Crippen molar-refractivity contribution in [2.75, 3.05) is 0 Å². The van der Waals surface area contributed by atoms with E-state index in [-0.39, 0.29) is 21.4 Å². The summed E-state index contributed by atoms with van der Waals surface area (Å²) in [6.07, 6.45) is -3.65. The Labute approximate surface area is 187 Å². The lowest BCUT2D eigenvalue weighted by Crippen LogP contribution is -2.14. The molecule has 0 saturated carbocycles. The van der Waals surface area contributed by atoms with Crippen molar-refractivity contribution in [3.8, 4) is 11.8 Å². The molecule has 4 nitrogen and oxygen atoms in total. The summed E-state index contributed by atoms with van der Waals surface area (Å²) in [5, 5.41) is 11.1. The summed E-state index contributed by atoms with van der Waals surface area (Å²) in [6, 6.07) is 8.55. The van der Waals surface area contributed by atoms with Gasteiger partial charge in [-0.3, -0.25) is 0 Å². The third kappa shape index (κ3) is 4.36. The second-order valence-corrected chi connectivity index (χ2v) is 10.4. The van der Waals surface area contributed by atoms with Crippen LogP contribution in [0.4, 0.5) is 17.6 Å². The number of nitriles is 1. The Morgan fingerprint density at radius 3 is 2.44 bits per heavy atom. The fourth-order valence-electron chi connectivity index (χ4n) is 3.31. The molecular formula is C22H18F4N2O2S2. The molecule has 0 aliphatic rings. The number of benzene rings is 1. The Balaban J connectivity index is 2.28. The lowest BCUT2D eigenvalue weighted by Gasteiger charge is -2.19. The Hall–Kier alpha value is -2.90. The molecule has 0 amide bonds. The van der Waals surface area contributed by atoms with Crippen LogP contribution in [0.15, 0.2) is 50.9 Å². The van der Waals surface area contributed by atoms with Gasteiger partial charge in [0.25, 0.3) is 0 Å². The van der Waals surface area contributed by atoms with Crippen molar-refractivity contribution in [1.29, 1.82) is 5.26 Å². The molecule has 0 radical (unpaired) electrons. The van der Waals surface area contributed by atoms with Crippen LogP contribution in [0, 0.1) is 24.1 Å². The van der Waals surface area contributed by atoms with Crippen molar-refractivity contribution < 1.29 is 26.0 Å². The van der Waals surface area contributed by atoms with E-state index in [9.17, 15) is 31.2 Å². The maximum absolute atomic E-state index is 13.7. The van der Waals surface area contributed by atoms with Crippen LogP contribution in [0.1, 0.15) is 42.3 Å². The van der Waals surface area contributed by atoms with Crippen molar-refractivity contribution in [2.45, 2.75) is 37.1 Å². The fourth-order valence-corrected chi connectivity index (χ4v) is 5.58. The molecule has 0 aliphatic carbocycles. The monoisotopic (exact) mass is 482 g/mol. The van der Waals surface area contributed by atoms with Gasteiger partial charge < -0.3 is 4.57 Å². The zero-order chi connectivity index (χ0) is 23.8. The second kappa shape index (κ2) is 8.56. The number of nitrogens with zero attached hydrogens (tertiary/aromatic N) is 2. The van der Waals surface area contributed by atoms with Gasteiger partial charge in [0.1, 0.15) is 16.1 Å². The number of thiophene rings is 1. The standard InChI is InChI=1S/C22H18F4N2O2S2/c1-13(2)20-10-15(9-17(12-27)32(29,30)21-5-4-8-31-21)14(3)28(20)19-7-6-16(23)11-18(19)22(24,25)26/h4-11,13H,1-3H3/b17-9+. The maximum Gasteiger partial charge on any atom is 0.418 e. The van der Waals surface area contributed by atoms with Gasteiger partial charge in [0, 0.05) is 11.4 Å². The van der Waals surface area contributed by atoms with E-state index in [0.29, 0.717) is 17.5 Å². The number of alkyl halides is 3. The molecule has 0 fully saturated rings. The molecule has 0 N–H and O–H groups in total. The van der Waals surface area contributed by atoms with Crippen molar-refractivity contribution in [1.82, 2.24) is 4.57 Å². The summed E-state index contributed by atoms with van der Waals surface area (Å²) >= 11 is 0.959. The van der Waals surface area contributed by atoms with Gasteiger partial charge in [-0.2, -0.15) is 18.4 Å². The molecule has 10 heteroatoms. The number of halogens is 4. The molecule has 168 valence electrons. The molecule has 0 bridgehead atoms. The maximum atomic E-state index is 13.7. The van der Waals surface area contributed by atoms with Crippen LogP contribution in [0.2, 0.25) is 0 Å². The first-order valence-electron chi connectivity index (χ1n) is 9.37. The SMILES string of the molecule is Cc1c(/C=C(\C#N)S(=O)(=O)c2cccs2)cc(C(C)C)n1-c1ccc(F)cc1C(F)(F)F. The number of rotatable bonds is 5. The third-order valence-electron chi connectivity index (χ3n) is 4.86. The number of sulfone groups is 1. The van der Waals surface area contributed by atoms with Crippen LogP contribution in [0.5, 0.6) is 0 Å². The van der Waals surface area contributed by atoms with E-state index < -0.39 is 32.3 Å². The summed E-state index contributed by atoms with van der Waals surface area (Å²) < 4.78 is 81.4. The quantitative estimate of drug-likeness (QED) is 0.309. The Kier molecular flexibility index (Phi) is 6.36. The molecule has 0 saturated heterocycles. The van der Waals surface area contributed by atoms with Crippen LogP contribution in [-0.2, 0) is 16.0 Å². The van der Waals surface area contributed by atoms with E-state index in [0.717, 1.165) is 29.5 Å². The smallest absolute Gasteiger partial charge is 0.317 e. The average molecular weight is 483 g/mol. The first kappa shape index (κ1) is 23.8. The molecule has 0 aliphatic heterocycles. The summed E-state index contributed by atoms with van der Waals surface area (Å²) in [4.78, 5) is -0.523. The Bertz CT molecular complexity index is 1330. The zero-order valence-corrected chi connectivity index (χ0v) is 18.9. The minimum Gasteiger partial charge on any atom is -0.317 e. The number of aromatic nitrogens is 1. The number of hydrogen-bond acceptors (Lipinski definition) is 4. The molecule has 2 heterocycles. The predicted octanol–water partition coefficient (Wildman–Crippen LogP) is 6.47. The molecular weight excluding hydrogens is 464 g/mol. The van der Waals surface area contributed by atoms with E-state index in [2.05, 4.69) is 0 Å². The highest BCUT2D eigenvalue weighted by molar-refractivity contribution is 7.97. The van der Waals surface area contributed by atoms with E-state index in [1.165, 1.54) is 17.6 Å². The van der Waals surface area contributed by atoms with Crippen molar-refractivity contribution in [3.63, 3.8) is 0 Å². The minimum absolute atomic E-state index is 0.00985. The normalized spacial score (nSPS) is 12.9. The highest BCUT2D eigenvalue weighted by Crippen LogP contribution is 2.38.